The first-order valence-corrected chi connectivity index (χ1v) is 6.65. The minimum Gasteiger partial charge on any atom is -0.372 e. The van der Waals surface area contributed by atoms with E-state index >= 15 is 0 Å². The topological polar surface area (TPSA) is 69.6 Å². The van der Waals surface area contributed by atoms with Crippen molar-refractivity contribution in [2.75, 3.05) is 0 Å². The monoisotopic (exact) mass is 369 g/mol. The molecule has 2 aromatic rings. The number of nitrogens with one attached hydrogen (secondary N) is 1. The molecule has 2 rings (SSSR count). The Hall–Kier alpha value is -1.44. The summed E-state index contributed by atoms with van der Waals surface area (Å²) >= 11 is 2.13. The molecule has 5 heteroatoms. The number of hydroxylamine groups is 1. The highest BCUT2D eigenvalue weighted by Gasteiger charge is 2.39. The van der Waals surface area contributed by atoms with E-state index in [9.17, 15) is 9.90 Å². The number of hydrogen-bond acceptors (Lipinski definition) is 3. The van der Waals surface area contributed by atoms with Crippen LogP contribution < -0.4 is 5.48 Å². The second kappa shape index (κ2) is 5.68. The third-order valence-electron chi connectivity index (χ3n) is 2.88. The number of aliphatic hydroxyl groups is 1. The lowest BCUT2D eigenvalue weighted by Crippen LogP contribution is -2.44. The molecule has 0 spiro atoms. The van der Waals surface area contributed by atoms with Crippen molar-refractivity contribution in [1.29, 1.82) is 0 Å². The normalized spacial score (nSPS) is 13.6. The fourth-order valence-electron chi connectivity index (χ4n) is 1.88. The van der Waals surface area contributed by atoms with Gasteiger partial charge in [0.05, 0.1) is 0 Å². The van der Waals surface area contributed by atoms with Gasteiger partial charge in [0.2, 0.25) is 0 Å². The molecule has 0 aliphatic carbocycles. The first-order valence-electron chi connectivity index (χ1n) is 5.57. The van der Waals surface area contributed by atoms with E-state index in [1.54, 1.807) is 54.6 Å². The maximum absolute atomic E-state index is 11.9. The fraction of sp³-hybridized carbons (Fsp3) is 0.0714. The molecule has 0 heterocycles. The predicted molar refractivity (Wildman–Crippen MR) is 78.5 cm³/mol. The van der Waals surface area contributed by atoms with Crippen LogP contribution in [0.4, 0.5) is 0 Å². The van der Waals surface area contributed by atoms with Crippen LogP contribution in [0.15, 0.2) is 54.6 Å². The smallest absolute Gasteiger partial charge is 0.284 e. The molecule has 3 N–H and O–H groups in total. The van der Waals surface area contributed by atoms with Gasteiger partial charge in [-0.2, -0.15) is 0 Å². The Morgan fingerprint density at radius 2 is 1.53 bits per heavy atom. The Morgan fingerprint density at radius 1 is 1.00 bits per heavy atom. The Morgan fingerprint density at radius 3 is 2.05 bits per heavy atom. The first kappa shape index (κ1) is 14.0. The van der Waals surface area contributed by atoms with Gasteiger partial charge in [-0.15, -0.1) is 0 Å². The molecule has 1 unspecified atom stereocenters. The Bertz CT molecular complexity index is 571. The van der Waals surface area contributed by atoms with E-state index in [0.29, 0.717) is 11.1 Å². The number of hydrogen-bond donors (Lipinski definition) is 3. The average Bonchev–Trinajstić information content (AvgIpc) is 2.47. The fourth-order valence-corrected chi connectivity index (χ4v) is 2.24. The predicted octanol–water partition coefficient (Wildman–Crippen LogP) is 2.03. The molecular weight excluding hydrogens is 357 g/mol. The quantitative estimate of drug-likeness (QED) is 0.441. The van der Waals surface area contributed by atoms with Crippen molar-refractivity contribution >= 4 is 28.5 Å². The lowest BCUT2D eigenvalue weighted by atomic mass is 9.86. The molecule has 0 aliphatic heterocycles. The molecule has 0 bridgehead atoms. The summed E-state index contributed by atoms with van der Waals surface area (Å²) in [6, 6.07) is 15.4. The van der Waals surface area contributed by atoms with Crippen LogP contribution >= 0.6 is 22.6 Å². The van der Waals surface area contributed by atoms with E-state index < -0.39 is 11.5 Å². The molecule has 19 heavy (non-hydrogen) atoms. The van der Waals surface area contributed by atoms with Gasteiger partial charge in [-0.05, 0) is 45.9 Å². The van der Waals surface area contributed by atoms with Crippen LogP contribution in [-0.4, -0.2) is 16.2 Å². The summed E-state index contributed by atoms with van der Waals surface area (Å²) in [7, 11) is 0. The third-order valence-corrected chi connectivity index (χ3v) is 3.60. The summed E-state index contributed by atoms with van der Waals surface area (Å²) in [5, 5.41) is 19.6. The lowest BCUT2D eigenvalue weighted by molar-refractivity contribution is -0.145. The maximum Gasteiger partial charge on any atom is 0.284 e. The van der Waals surface area contributed by atoms with Crippen molar-refractivity contribution in [3.05, 3.63) is 69.3 Å². The lowest BCUT2D eigenvalue weighted by Gasteiger charge is -2.26. The SMILES string of the molecule is O=C(NO)C(O)(c1ccccc1)c1ccc(I)cc1. The number of amides is 1. The molecule has 0 aliphatic rings. The molecule has 98 valence electrons. The van der Waals surface area contributed by atoms with Crippen LogP contribution in [0.2, 0.25) is 0 Å². The average molecular weight is 369 g/mol. The highest BCUT2D eigenvalue weighted by molar-refractivity contribution is 14.1. The molecule has 0 aromatic heterocycles. The molecule has 0 saturated heterocycles. The number of carbonyl (C=O) groups is 1. The highest BCUT2D eigenvalue weighted by Crippen LogP contribution is 2.30. The van der Waals surface area contributed by atoms with Crippen LogP contribution in [0.3, 0.4) is 0 Å². The van der Waals surface area contributed by atoms with Gasteiger partial charge in [0.1, 0.15) is 0 Å². The summed E-state index contributed by atoms with van der Waals surface area (Å²) in [5.74, 6) is -0.889. The van der Waals surface area contributed by atoms with Gasteiger partial charge in [0.15, 0.2) is 5.60 Å². The second-order valence-corrected chi connectivity index (χ2v) is 5.27. The molecule has 1 amide bonds. The Labute approximate surface area is 124 Å². The van der Waals surface area contributed by atoms with Gasteiger partial charge in [-0.3, -0.25) is 10.0 Å². The minimum atomic E-state index is -1.92. The zero-order chi connectivity index (χ0) is 13.9. The molecule has 4 nitrogen and oxygen atoms in total. The third kappa shape index (κ3) is 2.63. The van der Waals surface area contributed by atoms with Gasteiger partial charge in [-0.1, -0.05) is 42.5 Å². The van der Waals surface area contributed by atoms with Gasteiger partial charge >= 0.3 is 0 Å². The summed E-state index contributed by atoms with van der Waals surface area (Å²) in [6.45, 7) is 0. The van der Waals surface area contributed by atoms with Crippen LogP contribution in [0.1, 0.15) is 11.1 Å². The van der Waals surface area contributed by atoms with E-state index in [1.165, 1.54) is 5.48 Å². The van der Waals surface area contributed by atoms with Gasteiger partial charge < -0.3 is 5.11 Å². The van der Waals surface area contributed by atoms with Crippen molar-refractivity contribution in [3.8, 4) is 0 Å². The van der Waals surface area contributed by atoms with Crippen molar-refractivity contribution in [1.82, 2.24) is 5.48 Å². The standard InChI is InChI=1S/C14H12INO3/c15-12-8-6-11(7-9-12)14(18,13(17)16-19)10-4-2-1-3-5-10/h1-9,18-19H,(H,16,17). The molecule has 2 aromatic carbocycles. The van der Waals surface area contributed by atoms with Crippen LogP contribution in [0.25, 0.3) is 0 Å². The molecule has 0 saturated carbocycles. The van der Waals surface area contributed by atoms with Gasteiger partial charge in [0.25, 0.3) is 5.91 Å². The Balaban J connectivity index is 2.58. The summed E-state index contributed by atoms with van der Waals surface area (Å²) in [5.41, 5.74) is 0.396. The molecular formula is C14H12INO3. The maximum atomic E-state index is 11.9. The van der Waals surface area contributed by atoms with Crippen molar-refractivity contribution in [2.24, 2.45) is 0 Å². The molecule has 1 atom stereocenters. The number of carbonyl (C=O) groups excluding carboxylic acids is 1. The first-order chi connectivity index (χ1) is 9.09. The summed E-state index contributed by atoms with van der Waals surface area (Å²) in [4.78, 5) is 11.9. The largest absolute Gasteiger partial charge is 0.372 e. The number of halogens is 1. The van der Waals surface area contributed by atoms with E-state index in [0.717, 1.165) is 3.57 Å². The van der Waals surface area contributed by atoms with Gasteiger partial charge in [-0.25, -0.2) is 5.48 Å². The summed E-state index contributed by atoms with van der Waals surface area (Å²) in [6.07, 6.45) is 0. The van der Waals surface area contributed by atoms with Gasteiger partial charge in [0, 0.05) is 3.57 Å². The van der Waals surface area contributed by atoms with E-state index in [4.69, 9.17) is 5.21 Å². The van der Waals surface area contributed by atoms with E-state index in [2.05, 4.69) is 22.6 Å². The van der Waals surface area contributed by atoms with Crippen LogP contribution in [0.5, 0.6) is 0 Å². The Kier molecular flexibility index (Phi) is 4.18. The van der Waals surface area contributed by atoms with Crippen molar-refractivity contribution in [2.45, 2.75) is 5.60 Å². The second-order valence-electron chi connectivity index (χ2n) is 4.02. The molecule has 0 radical (unpaired) electrons. The molecule has 0 fully saturated rings. The van der Waals surface area contributed by atoms with Crippen LogP contribution in [0, 0.1) is 3.57 Å². The van der Waals surface area contributed by atoms with Crippen LogP contribution in [-0.2, 0) is 10.4 Å². The zero-order valence-corrected chi connectivity index (χ0v) is 12.0. The zero-order valence-electron chi connectivity index (χ0n) is 9.88. The van der Waals surface area contributed by atoms with Crippen molar-refractivity contribution < 1.29 is 15.1 Å². The van der Waals surface area contributed by atoms with E-state index in [-0.39, 0.29) is 0 Å². The summed E-state index contributed by atoms with van der Waals surface area (Å²) < 4.78 is 0.987. The highest BCUT2D eigenvalue weighted by atomic mass is 127. The van der Waals surface area contributed by atoms with Crippen molar-refractivity contribution in [3.63, 3.8) is 0 Å². The minimum absolute atomic E-state index is 0.391. The number of rotatable bonds is 3. The number of benzene rings is 2. The van der Waals surface area contributed by atoms with E-state index in [1.807, 2.05) is 0 Å².